The monoisotopic (exact) mass is 396 g/mol. The van der Waals surface area contributed by atoms with Crippen LogP contribution >= 0.6 is 7.60 Å². The van der Waals surface area contributed by atoms with Crippen LogP contribution in [-0.4, -0.2) is 9.79 Å². The molecular weight excluding hydrogens is 379 g/mol. The van der Waals surface area contributed by atoms with Gasteiger partial charge in [-0.2, -0.15) is 0 Å². The Labute approximate surface area is 168 Å². The maximum absolute atomic E-state index is 12.1. The molecule has 0 unspecified atom stereocenters. The average Bonchev–Trinajstić information content (AvgIpc) is 3.20. The van der Waals surface area contributed by atoms with Gasteiger partial charge in [-0.05, 0) is 56.6 Å². The van der Waals surface area contributed by atoms with Gasteiger partial charge in [0.2, 0.25) is 0 Å². The van der Waals surface area contributed by atoms with Crippen molar-refractivity contribution in [3.63, 3.8) is 0 Å². The fraction of sp³-hybridized carbons (Fsp3) is 0.0400. The van der Waals surface area contributed by atoms with Crippen molar-refractivity contribution < 1.29 is 14.4 Å². The third-order valence-corrected chi connectivity index (χ3v) is 7.27. The summed E-state index contributed by atoms with van der Waals surface area (Å²) in [5, 5.41) is 0.0605. The summed E-state index contributed by atoms with van der Waals surface area (Å²) in [4.78, 5) is 19.7. The highest BCUT2D eigenvalue weighted by molar-refractivity contribution is 7.60. The molecule has 6 rings (SSSR count). The second-order valence-corrected chi connectivity index (χ2v) is 9.27. The lowest BCUT2D eigenvalue weighted by molar-refractivity contribution is 0.387. The summed E-state index contributed by atoms with van der Waals surface area (Å²) in [5.41, 5.74) is 8.36. The van der Waals surface area contributed by atoms with Gasteiger partial charge in [-0.1, -0.05) is 78.9 Å². The number of hydrogen-bond acceptors (Lipinski definition) is 1. The molecule has 1 spiro atoms. The van der Waals surface area contributed by atoms with Crippen LogP contribution in [0.2, 0.25) is 0 Å². The fourth-order valence-electron chi connectivity index (χ4n) is 5.26. The van der Waals surface area contributed by atoms with Gasteiger partial charge in [0.05, 0.1) is 10.7 Å². The van der Waals surface area contributed by atoms with Gasteiger partial charge in [-0.25, -0.2) is 0 Å². The fourth-order valence-corrected chi connectivity index (χ4v) is 5.83. The summed E-state index contributed by atoms with van der Waals surface area (Å²) in [5.74, 6) is 0. The SMILES string of the molecule is O=P(O)(O)c1ccc2c(c1)C1(c3ccccc3-c3ccccc31)c1ccccc1-2. The zero-order valence-electron chi connectivity index (χ0n) is 15.4. The summed E-state index contributed by atoms with van der Waals surface area (Å²) in [6.45, 7) is 0. The molecule has 2 N–H and O–H groups in total. The highest BCUT2D eigenvalue weighted by Crippen LogP contribution is 2.62. The lowest BCUT2D eigenvalue weighted by atomic mass is 9.70. The van der Waals surface area contributed by atoms with Crippen LogP contribution in [0.1, 0.15) is 22.3 Å². The first-order valence-electron chi connectivity index (χ1n) is 9.53. The van der Waals surface area contributed by atoms with Gasteiger partial charge in [0.1, 0.15) is 0 Å². The second-order valence-electron chi connectivity index (χ2n) is 7.66. The van der Waals surface area contributed by atoms with E-state index >= 15 is 0 Å². The predicted molar refractivity (Wildman–Crippen MR) is 114 cm³/mol. The van der Waals surface area contributed by atoms with Gasteiger partial charge in [0.15, 0.2) is 0 Å². The molecule has 0 heterocycles. The van der Waals surface area contributed by atoms with Crippen LogP contribution in [0.25, 0.3) is 22.3 Å². The van der Waals surface area contributed by atoms with Crippen molar-refractivity contribution >= 4 is 12.9 Å². The lowest BCUT2D eigenvalue weighted by Gasteiger charge is -2.30. The molecular formula is C25H17O3P. The zero-order valence-corrected chi connectivity index (χ0v) is 16.3. The van der Waals surface area contributed by atoms with E-state index in [2.05, 4.69) is 36.4 Å². The van der Waals surface area contributed by atoms with Crippen LogP contribution in [0.5, 0.6) is 0 Å². The summed E-state index contributed by atoms with van der Waals surface area (Å²) in [6, 6.07) is 30.2. The van der Waals surface area contributed by atoms with Crippen LogP contribution in [0.3, 0.4) is 0 Å². The van der Waals surface area contributed by atoms with Crippen LogP contribution in [0.4, 0.5) is 0 Å². The topological polar surface area (TPSA) is 57.5 Å². The molecule has 0 atom stereocenters. The minimum absolute atomic E-state index is 0.0605. The minimum atomic E-state index is -4.37. The molecule has 0 saturated carbocycles. The molecule has 0 aromatic heterocycles. The minimum Gasteiger partial charge on any atom is -0.321 e. The van der Waals surface area contributed by atoms with Crippen molar-refractivity contribution in [3.8, 4) is 22.3 Å². The highest BCUT2D eigenvalue weighted by Gasteiger charge is 2.51. The predicted octanol–water partition coefficient (Wildman–Crippen LogP) is 4.83. The number of fused-ring (bicyclic) bond motifs is 10. The molecule has 2 aliphatic rings. The largest absolute Gasteiger partial charge is 0.356 e. The lowest BCUT2D eigenvalue weighted by Crippen LogP contribution is -2.26. The Hall–Kier alpha value is -2.97. The Morgan fingerprint density at radius 3 is 1.41 bits per heavy atom. The van der Waals surface area contributed by atoms with E-state index in [0.29, 0.717) is 0 Å². The first kappa shape index (κ1) is 16.9. The second kappa shape index (κ2) is 5.55. The van der Waals surface area contributed by atoms with Crippen LogP contribution in [0, 0.1) is 0 Å². The molecule has 2 aliphatic carbocycles. The third kappa shape index (κ3) is 2.02. The van der Waals surface area contributed by atoms with Gasteiger partial charge in [0, 0.05) is 0 Å². The van der Waals surface area contributed by atoms with Crippen LogP contribution in [-0.2, 0) is 9.98 Å². The van der Waals surface area contributed by atoms with Crippen molar-refractivity contribution in [1.29, 1.82) is 0 Å². The van der Waals surface area contributed by atoms with Gasteiger partial charge >= 0.3 is 7.60 Å². The summed E-state index contributed by atoms with van der Waals surface area (Å²) < 4.78 is 12.1. The van der Waals surface area contributed by atoms with Crippen molar-refractivity contribution in [3.05, 3.63) is 113 Å². The van der Waals surface area contributed by atoms with Gasteiger partial charge in [0.25, 0.3) is 0 Å². The Balaban J connectivity index is 1.83. The number of benzene rings is 4. The maximum Gasteiger partial charge on any atom is 0.356 e. The number of rotatable bonds is 1. The van der Waals surface area contributed by atoms with Gasteiger partial charge in [-0.3, -0.25) is 4.57 Å². The molecule has 4 aromatic carbocycles. The Kier molecular flexibility index (Phi) is 3.24. The van der Waals surface area contributed by atoms with Crippen molar-refractivity contribution in [2.24, 2.45) is 0 Å². The van der Waals surface area contributed by atoms with Gasteiger partial charge < -0.3 is 9.79 Å². The van der Waals surface area contributed by atoms with E-state index in [9.17, 15) is 14.4 Å². The third-order valence-electron chi connectivity index (χ3n) is 6.32. The first-order valence-corrected chi connectivity index (χ1v) is 11.1. The summed E-state index contributed by atoms with van der Waals surface area (Å²) in [6.07, 6.45) is 0. The summed E-state index contributed by atoms with van der Waals surface area (Å²) >= 11 is 0. The molecule has 0 bridgehead atoms. The first-order chi connectivity index (χ1) is 14.0. The summed E-state index contributed by atoms with van der Waals surface area (Å²) in [7, 11) is -4.37. The van der Waals surface area contributed by atoms with E-state index in [0.717, 1.165) is 33.4 Å². The molecule has 4 aromatic rings. The van der Waals surface area contributed by atoms with Crippen LogP contribution < -0.4 is 5.30 Å². The number of hydrogen-bond donors (Lipinski definition) is 2. The smallest absolute Gasteiger partial charge is 0.321 e. The van der Waals surface area contributed by atoms with E-state index in [1.54, 1.807) is 12.1 Å². The molecule has 0 radical (unpaired) electrons. The quantitative estimate of drug-likeness (QED) is 0.391. The van der Waals surface area contributed by atoms with Crippen molar-refractivity contribution in [2.45, 2.75) is 5.41 Å². The molecule has 140 valence electrons. The highest BCUT2D eigenvalue weighted by atomic mass is 31.2. The van der Waals surface area contributed by atoms with E-state index in [1.807, 2.05) is 42.5 Å². The zero-order chi connectivity index (χ0) is 19.8. The average molecular weight is 396 g/mol. The van der Waals surface area contributed by atoms with Gasteiger partial charge in [-0.15, -0.1) is 0 Å². The maximum atomic E-state index is 12.1. The Morgan fingerprint density at radius 1 is 0.552 bits per heavy atom. The molecule has 3 nitrogen and oxygen atoms in total. The van der Waals surface area contributed by atoms with E-state index in [1.165, 1.54) is 11.1 Å². The van der Waals surface area contributed by atoms with E-state index < -0.39 is 13.0 Å². The Bertz CT molecular complexity index is 1300. The molecule has 0 fully saturated rings. The van der Waals surface area contributed by atoms with Crippen molar-refractivity contribution in [2.75, 3.05) is 0 Å². The van der Waals surface area contributed by atoms with E-state index in [-0.39, 0.29) is 5.30 Å². The molecule has 29 heavy (non-hydrogen) atoms. The molecule has 0 amide bonds. The normalized spacial score (nSPS) is 15.0. The van der Waals surface area contributed by atoms with Crippen LogP contribution in [0.15, 0.2) is 91.0 Å². The van der Waals surface area contributed by atoms with Crippen molar-refractivity contribution in [1.82, 2.24) is 0 Å². The Morgan fingerprint density at radius 2 is 0.966 bits per heavy atom. The molecule has 4 heteroatoms. The van der Waals surface area contributed by atoms with E-state index in [4.69, 9.17) is 0 Å². The standard InChI is InChI=1S/C25H17O3P/c26-29(27,28)16-13-14-20-19-9-3-6-12-23(19)25(24(20)15-16)21-10-4-1-7-17(21)18-8-2-5-11-22(18)25/h1-15H,(H2,26,27,28). The molecule has 0 saturated heterocycles. The molecule has 0 aliphatic heterocycles.